The van der Waals surface area contributed by atoms with E-state index in [1.807, 2.05) is 18.5 Å². The minimum Gasteiger partial charge on any atom is -0.296 e. The van der Waals surface area contributed by atoms with Crippen LogP contribution in [0.3, 0.4) is 0 Å². The zero-order valence-corrected chi connectivity index (χ0v) is 12.1. The average Bonchev–Trinajstić information content (AvgIpc) is 2.60. The fourth-order valence-corrected chi connectivity index (χ4v) is 2.68. The molecule has 2 amide bonds. The van der Waals surface area contributed by atoms with Crippen molar-refractivity contribution in [1.82, 2.24) is 15.1 Å². The molecule has 98 valence electrons. The number of aryl methyl sites for hydroxylation is 2. The van der Waals surface area contributed by atoms with E-state index >= 15 is 0 Å². The Bertz CT molecular complexity index is 496. The van der Waals surface area contributed by atoms with Crippen molar-refractivity contribution in [1.29, 1.82) is 0 Å². The Balaban J connectivity index is 2.19. The molecule has 1 aromatic heterocycles. The van der Waals surface area contributed by atoms with Gasteiger partial charge in [0.2, 0.25) is 11.8 Å². The van der Waals surface area contributed by atoms with Gasteiger partial charge in [-0.15, -0.1) is 0 Å². The summed E-state index contributed by atoms with van der Waals surface area (Å²) in [6, 6.07) is 0. The maximum atomic E-state index is 11.7. The Morgan fingerprint density at radius 1 is 1.50 bits per heavy atom. The molecule has 2 rings (SSSR count). The number of amides is 2. The van der Waals surface area contributed by atoms with Crippen LogP contribution in [-0.4, -0.2) is 21.6 Å². The molecule has 0 radical (unpaired) electrons. The summed E-state index contributed by atoms with van der Waals surface area (Å²) in [6.07, 6.45) is 1.66. The smallest absolute Gasteiger partial charge is 0.230 e. The van der Waals surface area contributed by atoms with Gasteiger partial charge in [0.1, 0.15) is 0 Å². The van der Waals surface area contributed by atoms with Crippen molar-refractivity contribution in [2.24, 2.45) is 5.92 Å². The van der Waals surface area contributed by atoms with Crippen molar-refractivity contribution >= 4 is 27.7 Å². The van der Waals surface area contributed by atoms with Gasteiger partial charge in [-0.05, 0) is 36.2 Å². The number of carbonyl (C=O) groups is 2. The molecule has 1 aliphatic rings. The SMILES string of the molecule is CCn1nc(C)c(Br)c1CC1CCC(=O)NC1=O. The standard InChI is InChI=1S/C12H16BrN3O2/c1-3-16-9(11(13)7(2)15-16)6-8-4-5-10(17)14-12(8)18/h8H,3-6H2,1-2H3,(H,14,17,18). The van der Waals surface area contributed by atoms with E-state index < -0.39 is 0 Å². The van der Waals surface area contributed by atoms with Crippen LogP contribution in [0.5, 0.6) is 0 Å². The lowest BCUT2D eigenvalue weighted by Gasteiger charge is -2.21. The molecular formula is C12H16BrN3O2. The summed E-state index contributed by atoms with van der Waals surface area (Å²) in [5.41, 5.74) is 1.96. The maximum Gasteiger partial charge on any atom is 0.230 e. The number of rotatable bonds is 3. The molecule has 1 aliphatic heterocycles. The molecule has 1 atom stereocenters. The number of hydrogen-bond donors (Lipinski definition) is 1. The molecule has 0 bridgehead atoms. The molecule has 2 heterocycles. The second kappa shape index (κ2) is 5.22. The topological polar surface area (TPSA) is 64.0 Å². The van der Waals surface area contributed by atoms with Crippen LogP contribution in [0.4, 0.5) is 0 Å². The molecular weight excluding hydrogens is 298 g/mol. The Morgan fingerprint density at radius 3 is 2.83 bits per heavy atom. The molecule has 5 nitrogen and oxygen atoms in total. The fourth-order valence-electron chi connectivity index (χ4n) is 2.23. The third kappa shape index (κ3) is 2.48. The highest BCUT2D eigenvalue weighted by Gasteiger charge is 2.28. The summed E-state index contributed by atoms with van der Waals surface area (Å²) in [7, 11) is 0. The molecule has 0 spiro atoms. The molecule has 0 aliphatic carbocycles. The van der Waals surface area contributed by atoms with Crippen molar-refractivity contribution in [2.45, 2.75) is 39.7 Å². The van der Waals surface area contributed by atoms with E-state index in [2.05, 4.69) is 26.3 Å². The summed E-state index contributed by atoms with van der Waals surface area (Å²) in [5, 5.41) is 6.80. The molecule has 18 heavy (non-hydrogen) atoms. The molecule has 1 aromatic rings. The van der Waals surface area contributed by atoms with E-state index in [9.17, 15) is 9.59 Å². The predicted molar refractivity (Wildman–Crippen MR) is 69.9 cm³/mol. The van der Waals surface area contributed by atoms with Crippen LogP contribution < -0.4 is 5.32 Å². The van der Waals surface area contributed by atoms with Gasteiger partial charge in [-0.2, -0.15) is 5.10 Å². The van der Waals surface area contributed by atoms with Gasteiger partial charge in [0, 0.05) is 25.3 Å². The minimum absolute atomic E-state index is 0.139. The van der Waals surface area contributed by atoms with Crippen LogP contribution >= 0.6 is 15.9 Å². The summed E-state index contributed by atoms with van der Waals surface area (Å²) < 4.78 is 2.87. The quantitative estimate of drug-likeness (QED) is 0.861. The van der Waals surface area contributed by atoms with E-state index in [1.54, 1.807) is 0 Å². The van der Waals surface area contributed by atoms with Gasteiger partial charge < -0.3 is 0 Å². The zero-order valence-electron chi connectivity index (χ0n) is 10.5. The van der Waals surface area contributed by atoms with Crippen LogP contribution in [0.2, 0.25) is 0 Å². The second-order valence-electron chi connectivity index (χ2n) is 4.51. The number of imide groups is 1. The van der Waals surface area contributed by atoms with Crippen LogP contribution in [-0.2, 0) is 22.6 Å². The zero-order chi connectivity index (χ0) is 13.3. The summed E-state index contributed by atoms with van der Waals surface area (Å²) in [6.45, 7) is 4.73. The Labute approximate surface area is 114 Å². The lowest BCUT2D eigenvalue weighted by Crippen LogP contribution is -2.41. The van der Waals surface area contributed by atoms with Crippen LogP contribution in [0.1, 0.15) is 31.2 Å². The third-order valence-electron chi connectivity index (χ3n) is 3.25. The first-order valence-corrected chi connectivity index (χ1v) is 6.87. The van der Waals surface area contributed by atoms with Gasteiger partial charge in [0.05, 0.1) is 15.9 Å². The molecule has 0 saturated carbocycles. The summed E-state index contributed by atoms with van der Waals surface area (Å²) >= 11 is 3.52. The fraction of sp³-hybridized carbons (Fsp3) is 0.583. The predicted octanol–water partition coefficient (Wildman–Crippen LogP) is 1.57. The number of nitrogens with zero attached hydrogens (tertiary/aromatic N) is 2. The van der Waals surface area contributed by atoms with Gasteiger partial charge in [0.15, 0.2) is 0 Å². The van der Waals surface area contributed by atoms with Crippen molar-refractivity contribution in [3.63, 3.8) is 0 Å². The summed E-state index contributed by atoms with van der Waals surface area (Å²) in [5.74, 6) is -0.476. The molecule has 6 heteroatoms. The van der Waals surface area contributed by atoms with Crippen molar-refractivity contribution in [3.8, 4) is 0 Å². The van der Waals surface area contributed by atoms with Gasteiger partial charge in [-0.3, -0.25) is 19.6 Å². The summed E-state index contributed by atoms with van der Waals surface area (Å²) in [4.78, 5) is 22.9. The molecule has 1 unspecified atom stereocenters. The Morgan fingerprint density at radius 2 is 2.22 bits per heavy atom. The Hall–Kier alpha value is -1.17. The van der Waals surface area contributed by atoms with E-state index in [0.29, 0.717) is 19.3 Å². The molecule has 1 N–H and O–H groups in total. The van der Waals surface area contributed by atoms with Crippen molar-refractivity contribution < 1.29 is 9.59 Å². The highest BCUT2D eigenvalue weighted by atomic mass is 79.9. The number of halogens is 1. The second-order valence-corrected chi connectivity index (χ2v) is 5.31. The first-order valence-electron chi connectivity index (χ1n) is 6.08. The first-order chi connectivity index (χ1) is 8.52. The monoisotopic (exact) mass is 313 g/mol. The van der Waals surface area contributed by atoms with Gasteiger partial charge in [0.25, 0.3) is 0 Å². The highest BCUT2D eigenvalue weighted by Crippen LogP contribution is 2.26. The van der Waals surface area contributed by atoms with Crippen LogP contribution in [0.15, 0.2) is 4.47 Å². The molecule has 0 aromatic carbocycles. The number of hydrogen-bond acceptors (Lipinski definition) is 3. The highest BCUT2D eigenvalue weighted by molar-refractivity contribution is 9.10. The lowest BCUT2D eigenvalue weighted by molar-refractivity contribution is -0.136. The van der Waals surface area contributed by atoms with E-state index in [-0.39, 0.29) is 17.7 Å². The van der Waals surface area contributed by atoms with E-state index in [0.717, 1.165) is 22.4 Å². The van der Waals surface area contributed by atoms with Gasteiger partial charge >= 0.3 is 0 Å². The molecule has 1 saturated heterocycles. The molecule has 1 fully saturated rings. The largest absolute Gasteiger partial charge is 0.296 e. The van der Waals surface area contributed by atoms with Crippen molar-refractivity contribution in [3.05, 3.63) is 15.9 Å². The maximum absolute atomic E-state index is 11.7. The van der Waals surface area contributed by atoms with Crippen LogP contribution in [0.25, 0.3) is 0 Å². The lowest BCUT2D eigenvalue weighted by atomic mass is 9.93. The van der Waals surface area contributed by atoms with E-state index in [4.69, 9.17) is 0 Å². The van der Waals surface area contributed by atoms with Crippen molar-refractivity contribution in [2.75, 3.05) is 0 Å². The number of piperidine rings is 1. The van der Waals surface area contributed by atoms with E-state index in [1.165, 1.54) is 0 Å². The van der Waals surface area contributed by atoms with Gasteiger partial charge in [-0.25, -0.2) is 0 Å². The number of aromatic nitrogens is 2. The number of nitrogens with one attached hydrogen (secondary N) is 1. The van der Waals surface area contributed by atoms with Gasteiger partial charge in [-0.1, -0.05) is 0 Å². The number of carbonyl (C=O) groups excluding carboxylic acids is 2. The average molecular weight is 314 g/mol. The Kier molecular flexibility index (Phi) is 3.85. The third-order valence-corrected chi connectivity index (χ3v) is 4.28. The minimum atomic E-state index is -0.171. The van der Waals surface area contributed by atoms with Crippen LogP contribution in [0, 0.1) is 12.8 Å². The normalized spacial score (nSPS) is 20.1. The first kappa shape index (κ1) is 13.3.